The highest BCUT2D eigenvalue weighted by Gasteiger charge is 1.99. The maximum absolute atomic E-state index is 5.92. The largest absolute Gasteiger partial charge is 0.356 e. The summed E-state index contributed by atoms with van der Waals surface area (Å²) in [6.45, 7) is 0. The lowest BCUT2D eigenvalue weighted by Gasteiger charge is -2.11. The smallest absolute Gasteiger partial charge is 0.0407 e. The Morgan fingerprint density at radius 1 is 0.310 bits per heavy atom. The predicted molar refractivity (Wildman–Crippen MR) is 126 cm³/mol. The van der Waals surface area contributed by atoms with Gasteiger partial charge in [-0.3, -0.25) is 0 Å². The van der Waals surface area contributed by atoms with E-state index >= 15 is 0 Å². The number of halogens is 2. The van der Waals surface area contributed by atoms with Gasteiger partial charge in [-0.25, -0.2) is 0 Å². The Bertz CT molecular complexity index is 970. The standard InChI is InChI=1S/C24H19Cl2N3/c25-17-1-5-19(6-2-17)27-21-9-13-23(14-10-21)29-24-15-11-22(12-16-24)28-20-7-3-18(26)4-8-20/h1-16,27-29H. The van der Waals surface area contributed by atoms with Crippen molar-refractivity contribution in [3.8, 4) is 0 Å². The minimum atomic E-state index is 0.726. The topological polar surface area (TPSA) is 36.1 Å². The van der Waals surface area contributed by atoms with Gasteiger partial charge in [-0.1, -0.05) is 23.2 Å². The normalized spacial score (nSPS) is 10.4. The second-order valence-electron chi connectivity index (χ2n) is 6.54. The third-order valence-corrected chi connectivity index (χ3v) is 4.83. The fourth-order valence-electron chi connectivity index (χ4n) is 2.84. The van der Waals surface area contributed by atoms with Gasteiger partial charge in [-0.15, -0.1) is 0 Å². The molecular formula is C24H19Cl2N3. The molecule has 0 aliphatic rings. The lowest BCUT2D eigenvalue weighted by Crippen LogP contribution is -1.93. The van der Waals surface area contributed by atoms with Crippen LogP contribution in [0.25, 0.3) is 0 Å². The monoisotopic (exact) mass is 419 g/mol. The van der Waals surface area contributed by atoms with E-state index < -0.39 is 0 Å². The van der Waals surface area contributed by atoms with E-state index in [0.29, 0.717) is 0 Å². The molecule has 0 aliphatic heterocycles. The van der Waals surface area contributed by atoms with Crippen LogP contribution in [0.2, 0.25) is 10.0 Å². The van der Waals surface area contributed by atoms with Gasteiger partial charge in [-0.05, 0) is 97.1 Å². The van der Waals surface area contributed by atoms with Crippen molar-refractivity contribution < 1.29 is 0 Å². The quantitative estimate of drug-likeness (QED) is 0.294. The molecule has 4 aromatic rings. The van der Waals surface area contributed by atoms with Crippen LogP contribution in [0.3, 0.4) is 0 Å². The van der Waals surface area contributed by atoms with Crippen LogP contribution in [-0.2, 0) is 0 Å². The predicted octanol–water partition coefficient (Wildman–Crippen LogP) is 8.22. The van der Waals surface area contributed by atoms with Crippen LogP contribution in [0, 0.1) is 0 Å². The average molecular weight is 420 g/mol. The van der Waals surface area contributed by atoms with Gasteiger partial charge in [0.25, 0.3) is 0 Å². The molecule has 4 rings (SSSR count). The van der Waals surface area contributed by atoms with E-state index in [1.807, 2.05) is 97.1 Å². The zero-order valence-electron chi connectivity index (χ0n) is 15.5. The molecule has 0 bridgehead atoms. The van der Waals surface area contributed by atoms with Gasteiger partial charge in [0, 0.05) is 44.2 Å². The second-order valence-corrected chi connectivity index (χ2v) is 7.42. The number of benzene rings is 4. The van der Waals surface area contributed by atoms with Gasteiger partial charge in [0.1, 0.15) is 0 Å². The number of hydrogen-bond acceptors (Lipinski definition) is 3. The fourth-order valence-corrected chi connectivity index (χ4v) is 3.09. The average Bonchev–Trinajstić information content (AvgIpc) is 2.74. The molecule has 29 heavy (non-hydrogen) atoms. The molecule has 3 N–H and O–H groups in total. The summed E-state index contributed by atoms with van der Waals surface area (Å²) in [6, 6.07) is 31.6. The van der Waals surface area contributed by atoms with Crippen molar-refractivity contribution in [3.63, 3.8) is 0 Å². The van der Waals surface area contributed by atoms with Gasteiger partial charge >= 0.3 is 0 Å². The van der Waals surface area contributed by atoms with Crippen molar-refractivity contribution in [1.82, 2.24) is 0 Å². The molecule has 3 nitrogen and oxygen atoms in total. The van der Waals surface area contributed by atoms with Gasteiger partial charge in [0.15, 0.2) is 0 Å². The molecule has 0 amide bonds. The maximum atomic E-state index is 5.92. The van der Waals surface area contributed by atoms with E-state index in [-0.39, 0.29) is 0 Å². The molecule has 0 saturated heterocycles. The summed E-state index contributed by atoms with van der Waals surface area (Å²) in [7, 11) is 0. The minimum absolute atomic E-state index is 0.726. The van der Waals surface area contributed by atoms with Crippen LogP contribution in [0.15, 0.2) is 97.1 Å². The molecule has 0 atom stereocenters. The molecule has 0 fully saturated rings. The third kappa shape index (κ3) is 5.44. The zero-order chi connectivity index (χ0) is 20.1. The van der Waals surface area contributed by atoms with E-state index in [1.54, 1.807) is 0 Å². The summed E-state index contributed by atoms with van der Waals surface area (Å²) in [6.07, 6.45) is 0. The van der Waals surface area contributed by atoms with Crippen molar-refractivity contribution in [2.24, 2.45) is 0 Å². The highest BCUT2D eigenvalue weighted by molar-refractivity contribution is 6.30. The molecule has 0 unspecified atom stereocenters. The third-order valence-electron chi connectivity index (χ3n) is 4.32. The zero-order valence-corrected chi connectivity index (χ0v) is 17.0. The molecule has 0 heterocycles. The Hall–Kier alpha value is -3.14. The van der Waals surface area contributed by atoms with E-state index in [4.69, 9.17) is 23.2 Å². The van der Waals surface area contributed by atoms with Gasteiger partial charge in [0.05, 0.1) is 0 Å². The molecule has 0 saturated carbocycles. The summed E-state index contributed by atoms with van der Waals surface area (Å²) in [4.78, 5) is 0. The minimum Gasteiger partial charge on any atom is -0.356 e. The van der Waals surface area contributed by atoms with E-state index in [9.17, 15) is 0 Å². The molecule has 0 radical (unpaired) electrons. The van der Waals surface area contributed by atoms with Gasteiger partial charge in [0.2, 0.25) is 0 Å². The molecule has 5 heteroatoms. The van der Waals surface area contributed by atoms with Crippen LogP contribution >= 0.6 is 23.2 Å². The number of hydrogen-bond donors (Lipinski definition) is 3. The van der Waals surface area contributed by atoms with E-state index in [0.717, 1.165) is 44.2 Å². The first-order chi connectivity index (χ1) is 14.1. The van der Waals surface area contributed by atoms with Crippen molar-refractivity contribution in [3.05, 3.63) is 107 Å². The second kappa shape index (κ2) is 8.91. The lowest BCUT2D eigenvalue weighted by atomic mass is 10.2. The van der Waals surface area contributed by atoms with Gasteiger partial charge in [-0.2, -0.15) is 0 Å². The summed E-state index contributed by atoms with van der Waals surface area (Å²) < 4.78 is 0. The highest BCUT2D eigenvalue weighted by Crippen LogP contribution is 2.24. The molecule has 0 aliphatic carbocycles. The maximum Gasteiger partial charge on any atom is 0.0407 e. The molecule has 144 valence electrons. The molecule has 0 spiro atoms. The number of rotatable bonds is 6. The molecule has 0 aromatic heterocycles. The van der Waals surface area contributed by atoms with Crippen LogP contribution < -0.4 is 16.0 Å². The lowest BCUT2D eigenvalue weighted by molar-refractivity contribution is 1.50. The molecular weight excluding hydrogens is 401 g/mol. The molecule has 4 aromatic carbocycles. The Balaban J connectivity index is 1.36. The van der Waals surface area contributed by atoms with E-state index in [2.05, 4.69) is 16.0 Å². The Morgan fingerprint density at radius 2 is 0.483 bits per heavy atom. The van der Waals surface area contributed by atoms with Crippen LogP contribution in [0.4, 0.5) is 34.1 Å². The fraction of sp³-hybridized carbons (Fsp3) is 0. The SMILES string of the molecule is Clc1ccc(Nc2ccc(Nc3ccc(Nc4ccc(Cl)cc4)cc3)cc2)cc1. The summed E-state index contributed by atoms with van der Waals surface area (Å²) in [5.74, 6) is 0. The first-order valence-electron chi connectivity index (χ1n) is 9.16. The number of anilines is 6. The Kier molecular flexibility index (Phi) is 5.89. The van der Waals surface area contributed by atoms with E-state index in [1.165, 1.54) is 0 Å². The summed E-state index contributed by atoms with van der Waals surface area (Å²) >= 11 is 11.8. The Morgan fingerprint density at radius 3 is 0.690 bits per heavy atom. The van der Waals surface area contributed by atoms with Crippen molar-refractivity contribution in [2.75, 3.05) is 16.0 Å². The van der Waals surface area contributed by atoms with Crippen molar-refractivity contribution in [1.29, 1.82) is 0 Å². The van der Waals surface area contributed by atoms with Crippen molar-refractivity contribution >= 4 is 57.3 Å². The van der Waals surface area contributed by atoms with Crippen LogP contribution in [0.1, 0.15) is 0 Å². The Labute approximate surface area is 180 Å². The number of nitrogens with one attached hydrogen (secondary N) is 3. The van der Waals surface area contributed by atoms with Crippen LogP contribution in [0.5, 0.6) is 0 Å². The van der Waals surface area contributed by atoms with Gasteiger partial charge < -0.3 is 16.0 Å². The highest BCUT2D eigenvalue weighted by atomic mass is 35.5. The summed E-state index contributed by atoms with van der Waals surface area (Å²) in [5.41, 5.74) is 6.06. The van der Waals surface area contributed by atoms with Crippen LogP contribution in [-0.4, -0.2) is 0 Å². The first-order valence-corrected chi connectivity index (χ1v) is 9.92. The summed E-state index contributed by atoms with van der Waals surface area (Å²) in [5, 5.41) is 11.6. The van der Waals surface area contributed by atoms with Crippen molar-refractivity contribution in [2.45, 2.75) is 0 Å². The first kappa shape index (κ1) is 19.2.